The normalized spacial score (nSPS) is 21.3. The molecule has 3 rings (SSSR count). The zero-order valence-electron chi connectivity index (χ0n) is 15.8. The number of ether oxygens (including phenoxy) is 2. The third-order valence-electron chi connectivity index (χ3n) is 4.98. The molecule has 9 heteroatoms. The Kier molecular flexibility index (Phi) is 6.17. The van der Waals surface area contributed by atoms with Crippen molar-refractivity contribution in [2.75, 3.05) is 53.0 Å². The fourth-order valence-corrected chi connectivity index (χ4v) is 4.58. The van der Waals surface area contributed by atoms with Crippen LogP contribution in [0.5, 0.6) is 0 Å². The molecule has 0 aliphatic carbocycles. The molecule has 0 aromatic heterocycles. The Hall–Kier alpha value is -1.52. The van der Waals surface area contributed by atoms with Gasteiger partial charge in [-0.1, -0.05) is 0 Å². The summed E-state index contributed by atoms with van der Waals surface area (Å²) in [6.07, 6.45) is 0.550. The van der Waals surface area contributed by atoms with Crippen molar-refractivity contribution in [1.29, 1.82) is 0 Å². The molecule has 150 valence electrons. The SMILES string of the molecule is CN1CCN(S(=O)(=O)c2ccc(C(=O)NCCC3(C)OCCO3)cc2)CC1. The van der Waals surface area contributed by atoms with E-state index in [9.17, 15) is 13.2 Å². The first-order valence-corrected chi connectivity index (χ1v) is 10.6. The number of hydrogen-bond donors (Lipinski definition) is 1. The first-order chi connectivity index (χ1) is 12.8. The van der Waals surface area contributed by atoms with Gasteiger partial charge in [0, 0.05) is 44.7 Å². The summed E-state index contributed by atoms with van der Waals surface area (Å²) in [5, 5.41) is 2.81. The van der Waals surface area contributed by atoms with Gasteiger partial charge in [0.2, 0.25) is 10.0 Å². The number of carbonyl (C=O) groups is 1. The number of nitrogens with one attached hydrogen (secondary N) is 1. The lowest BCUT2D eigenvalue weighted by Crippen LogP contribution is -2.47. The maximum absolute atomic E-state index is 12.7. The lowest BCUT2D eigenvalue weighted by Gasteiger charge is -2.31. The van der Waals surface area contributed by atoms with Crippen molar-refractivity contribution in [3.8, 4) is 0 Å². The molecular weight excluding hydrogens is 370 g/mol. The van der Waals surface area contributed by atoms with E-state index in [1.807, 2.05) is 14.0 Å². The summed E-state index contributed by atoms with van der Waals surface area (Å²) in [6, 6.07) is 6.07. The van der Waals surface area contributed by atoms with E-state index in [0.717, 1.165) is 0 Å². The Labute approximate surface area is 160 Å². The molecule has 2 aliphatic heterocycles. The minimum absolute atomic E-state index is 0.212. The van der Waals surface area contributed by atoms with E-state index in [1.165, 1.54) is 16.4 Å². The van der Waals surface area contributed by atoms with Gasteiger partial charge in [-0.3, -0.25) is 4.79 Å². The zero-order chi connectivity index (χ0) is 19.5. The third-order valence-corrected chi connectivity index (χ3v) is 6.89. The van der Waals surface area contributed by atoms with Gasteiger partial charge < -0.3 is 19.7 Å². The number of amides is 1. The van der Waals surface area contributed by atoms with Gasteiger partial charge in [-0.25, -0.2) is 8.42 Å². The lowest BCUT2D eigenvalue weighted by molar-refractivity contribution is -0.145. The van der Waals surface area contributed by atoms with Crippen molar-refractivity contribution in [1.82, 2.24) is 14.5 Å². The second-order valence-corrected chi connectivity index (χ2v) is 9.01. The number of piperazine rings is 1. The zero-order valence-corrected chi connectivity index (χ0v) is 16.6. The Morgan fingerprint density at radius 1 is 1.11 bits per heavy atom. The molecule has 0 unspecified atom stereocenters. The third kappa shape index (κ3) is 4.85. The van der Waals surface area contributed by atoms with Gasteiger partial charge in [0.25, 0.3) is 5.91 Å². The number of likely N-dealkylation sites (N-methyl/N-ethyl adjacent to an activating group) is 1. The lowest BCUT2D eigenvalue weighted by atomic mass is 10.2. The molecule has 1 aromatic rings. The van der Waals surface area contributed by atoms with Crippen LogP contribution < -0.4 is 5.32 Å². The summed E-state index contributed by atoms with van der Waals surface area (Å²) in [7, 11) is -1.55. The summed E-state index contributed by atoms with van der Waals surface area (Å²) in [5.74, 6) is -0.895. The molecule has 0 atom stereocenters. The number of sulfonamides is 1. The number of rotatable bonds is 6. The van der Waals surface area contributed by atoms with E-state index in [-0.39, 0.29) is 10.8 Å². The Morgan fingerprint density at radius 3 is 2.30 bits per heavy atom. The highest BCUT2D eigenvalue weighted by Crippen LogP contribution is 2.22. The molecular formula is C18H27N3O5S. The van der Waals surface area contributed by atoms with Crippen LogP contribution in [0, 0.1) is 0 Å². The summed E-state index contributed by atoms with van der Waals surface area (Å²) >= 11 is 0. The highest BCUT2D eigenvalue weighted by atomic mass is 32.2. The molecule has 2 saturated heterocycles. The molecule has 1 aromatic carbocycles. The van der Waals surface area contributed by atoms with Crippen LogP contribution in [0.3, 0.4) is 0 Å². The highest BCUT2D eigenvalue weighted by molar-refractivity contribution is 7.89. The van der Waals surface area contributed by atoms with E-state index in [0.29, 0.717) is 57.9 Å². The molecule has 8 nitrogen and oxygen atoms in total. The predicted octanol–water partition coefficient (Wildman–Crippen LogP) is 0.506. The van der Waals surface area contributed by atoms with Crippen molar-refractivity contribution in [3.63, 3.8) is 0 Å². The van der Waals surface area contributed by atoms with E-state index < -0.39 is 15.8 Å². The maximum atomic E-state index is 12.7. The van der Waals surface area contributed by atoms with Gasteiger partial charge in [0.05, 0.1) is 18.1 Å². The Bertz CT molecular complexity index is 752. The number of hydrogen-bond acceptors (Lipinski definition) is 6. The summed E-state index contributed by atoms with van der Waals surface area (Å²) in [6.45, 7) is 5.77. The van der Waals surface area contributed by atoms with Gasteiger partial charge in [-0.05, 0) is 38.2 Å². The van der Waals surface area contributed by atoms with Gasteiger partial charge in [-0.2, -0.15) is 4.31 Å². The monoisotopic (exact) mass is 397 g/mol. The Morgan fingerprint density at radius 2 is 1.70 bits per heavy atom. The summed E-state index contributed by atoms with van der Waals surface area (Å²) in [5.41, 5.74) is 0.422. The minimum Gasteiger partial charge on any atom is -0.352 e. The van der Waals surface area contributed by atoms with Gasteiger partial charge in [-0.15, -0.1) is 0 Å². The maximum Gasteiger partial charge on any atom is 0.251 e. The van der Waals surface area contributed by atoms with Gasteiger partial charge in [0.15, 0.2) is 5.79 Å². The first-order valence-electron chi connectivity index (χ1n) is 9.15. The van der Waals surface area contributed by atoms with Crippen molar-refractivity contribution >= 4 is 15.9 Å². The number of benzene rings is 1. The topological polar surface area (TPSA) is 88.2 Å². The molecule has 2 fully saturated rings. The molecule has 1 amide bonds. The second kappa shape index (κ2) is 8.24. The van der Waals surface area contributed by atoms with Crippen LogP contribution in [0.4, 0.5) is 0 Å². The fraction of sp³-hybridized carbons (Fsp3) is 0.611. The fourth-order valence-electron chi connectivity index (χ4n) is 3.16. The van der Waals surface area contributed by atoms with Crippen LogP contribution in [0.1, 0.15) is 23.7 Å². The van der Waals surface area contributed by atoms with Crippen LogP contribution in [-0.4, -0.2) is 82.3 Å². The number of nitrogens with zero attached hydrogens (tertiary/aromatic N) is 2. The predicted molar refractivity (Wildman–Crippen MR) is 100.0 cm³/mol. The van der Waals surface area contributed by atoms with Crippen LogP contribution in [0.15, 0.2) is 29.2 Å². The van der Waals surface area contributed by atoms with Crippen LogP contribution in [0.2, 0.25) is 0 Å². The van der Waals surface area contributed by atoms with Crippen LogP contribution in [0.25, 0.3) is 0 Å². The van der Waals surface area contributed by atoms with Crippen molar-refractivity contribution in [2.45, 2.75) is 24.0 Å². The summed E-state index contributed by atoms with van der Waals surface area (Å²) in [4.78, 5) is 14.6. The number of carbonyl (C=O) groups excluding carboxylic acids is 1. The average molecular weight is 397 g/mol. The quantitative estimate of drug-likeness (QED) is 0.752. The standard InChI is InChI=1S/C18H27N3O5S/c1-18(25-13-14-26-18)7-8-19-17(22)15-3-5-16(6-4-15)27(23,24)21-11-9-20(2)10-12-21/h3-6H,7-14H2,1-2H3,(H,19,22). The second-order valence-electron chi connectivity index (χ2n) is 7.07. The molecule has 1 N–H and O–H groups in total. The highest BCUT2D eigenvalue weighted by Gasteiger charge is 2.30. The average Bonchev–Trinajstić information content (AvgIpc) is 3.08. The molecule has 27 heavy (non-hydrogen) atoms. The van der Waals surface area contributed by atoms with Crippen molar-refractivity contribution in [2.24, 2.45) is 0 Å². The van der Waals surface area contributed by atoms with E-state index in [4.69, 9.17) is 9.47 Å². The minimum atomic E-state index is -3.52. The smallest absolute Gasteiger partial charge is 0.251 e. The molecule has 0 spiro atoms. The molecule has 2 aliphatic rings. The first kappa shape index (κ1) is 20.2. The van der Waals surface area contributed by atoms with Crippen LogP contribution >= 0.6 is 0 Å². The van der Waals surface area contributed by atoms with E-state index >= 15 is 0 Å². The van der Waals surface area contributed by atoms with E-state index in [2.05, 4.69) is 10.2 Å². The van der Waals surface area contributed by atoms with Gasteiger partial charge in [0.1, 0.15) is 0 Å². The largest absolute Gasteiger partial charge is 0.352 e. The van der Waals surface area contributed by atoms with Gasteiger partial charge >= 0.3 is 0 Å². The molecule has 0 saturated carbocycles. The molecule has 0 bridgehead atoms. The van der Waals surface area contributed by atoms with Crippen molar-refractivity contribution in [3.05, 3.63) is 29.8 Å². The van der Waals surface area contributed by atoms with Crippen molar-refractivity contribution < 1.29 is 22.7 Å². The molecule has 0 radical (unpaired) electrons. The summed E-state index contributed by atoms with van der Waals surface area (Å²) < 4.78 is 37.9. The molecule has 2 heterocycles. The van der Waals surface area contributed by atoms with Crippen LogP contribution in [-0.2, 0) is 19.5 Å². The Balaban J connectivity index is 1.56. The van der Waals surface area contributed by atoms with E-state index in [1.54, 1.807) is 12.1 Å².